The summed E-state index contributed by atoms with van der Waals surface area (Å²) < 4.78 is 42.5. The molecule has 1 N–H and O–H groups in total. The molecule has 0 unspecified atom stereocenters. The molecule has 0 radical (unpaired) electrons. The zero-order valence-electron chi connectivity index (χ0n) is 15.6. The number of alkyl halides is 2. The average Bonchev–Trinajstić information content (AvgIpc) is 3.41. The molecule has 0 aliphatic heterocycles. The predicted octanol–water partition coefficient (Wildman–Crippen LogP) is 4.81. The minimum atomic E-state index is -2.62. The summed E-state index contributed by atoms with van der Waals surface area (Å²) in [7, 11) is 0. The minimum Gasteiger partial charge on any atom is -0.313 e. The number of hydrogen-bond donors (Lipinski definition) is 1. The van der Waals surface area contributed by atoms with Gasteiger partial charge in [0, 0.05) is 28.5 Å². The Labute approximate surface area is 178 Å². The Bertz CT molecular complexity index is 1150. The number of hydrogen-bond acceptors (Lipinski definition) is 6. The highest BCUT2D eigenvalue weighted by Gasteiger charge is 2.15. The first-order valence-corrected chi connectivity index (χ1v) is 9.96. The zero-order chi connectivity index (χ0) is 21.3. The topological polar surface area (TPSA) is 73.5 Å². The lowest BCUT2D eigenvalue weighted by Gasteiger charge is -2.05. The Morgan fingerprint density at radius 3 is 2.73 bits per heavy atom. The van der Waals surface area contributed by atoms with Gasteiger partial charge in [-0.1, -0.05) is 29.0 Å². The molecule has 4 aromatic rings. The molecule has 0 amide bonds. The number of halogens is 4. The van der Waals surface area contributed by atoms with Gasteiger partial charge >= 0.3 is 0 Å². The average molecular weight is 454 g/mol. The normalized spacial score (nSPS) is 11.4. The van der Waals surface area contributed by atoms with Crippen LogP contribution < -0.4 is 5.32 Å². The first kappa shape index (κ1) is 20.4. The largest absolute Gasteiger partial charge is 0.313 e. The Hall–Kier alpha value is -2.92. The maximum atomic E-state index is 13.9. The second-order valence-corrected chi connectivity index (χ2v) is 7.86. The minimum absolute atomic E-state index is 0.180. The van der Waals surface area contributed by atoms with Gasteiger partial charge < -0.3 is 5.32 Å². The lowest BCUT2D eigenvalue weighted by atomic mass is 10.2. The van der Waals surface area contributed by atoms with E-state index in [4.69, 9.17) is 11.6 Å². The Kier molecular flexibility index (Phi) is 5.73. The van der Waals surface area contributed by atoms with Crippen molar-refractivity contribution in [2.24, 2.45) is 0 Å². The first-order valence-electron chi connectivity index (χ1n) is 8.77. The number of aryl methyl sites for hydroxylation is 1. The fraction of sp³-hybridized carbons (Fsp3) is 0.222. The number of anilines is 2. The van der Waals surface area contributed by atoms with Crippen LogP contribution in [0.4, 0.5) is 24.1 Å². The molecule has 0 aliphatic rings. The van der Waals surface area contributed by atoms with E-state index in [0.29, 0.717) is 32.2 Å². The van der Waals surface area contributed by atoms with E-state index in [1.54, 1.807) is 36.0 Å². The van der Waals surface area contributed by atoms with E-state index in [2.05, 4.69) is 25.7 Å². The van der Waals surface area contributed by atoms with Crippen LogP contribution in [0, 0.1) is 12.7 Å². The molecular formula is C18H15ClF3N7S. The molecule has 0 saturated carbocycles. The maximum Gasteiger partial charge on any atom is 0.282 e. The summed E-state index contributed by atoms with van der Waals surface area (Å²) in [6.07, 6.45) is -0.933. The van der Waals surface area contributed by atoms with Crippen LogP contribution in [0.3, 0.4) is 0 Å². The molecule has 4 rings (SSSR count). The van der Waals surface area contributed by atoms with Gasteiger partial charge in [-0.15, -0.1) is 10.2 Å². The standard InChI is InChI=1S/C18H15ClF3N7S/c1-10-7-14(17(21)22)26-29(10)9-16-24-25-18(30-16)23-15-5-6-28(27-15)8-11-12(19)3-2-4-13(11)20/h2-7,17H,8-9H2,1H3,(H,23,25,27). The van der Waals surface area contributed by atoms with Crippen molar-refractivity contribution in [3.05, 3.63) is 69.3 Å². The highest BCUT2D eigenvalue weighted by Crippen LogP contribution is 2.24. The van der Waals surface area contributed by atoms with Gasteiger partial charge in [-0.2, -0.15) is 10.2 Å². The molecule has 0 aliphatic carbocycles. The van der Waals surface area contributed by atoms with E-state index in [-0.39, 0.29) is 18.8 Å². The molecule has 156 valence electrons. The maximum absolute atomic E-state index is 13.9. The van der Waals surface area contributed by atoms with Crippen LogP contribution in [0.5, 0.6) is 0 Å². The SMILES string of the molecule is Cc1cc(C(F)F)nn1Cc1nnc(Nc2ccn(Cc3c(F)cccc3Cl)n2)s1. The molecule has 0 bridgehead atoms. The van der Waals surface area contributed by atoms with Crippen LogP contribution in [0.25, 0.3) is 0 Å². The first-order chi connectivity index (χ1) is 14.4. The van der Waals surface area contributed by atoms with Crippen molar-refractivity contribution in [1.82, 2.24) is 29.8 Å². The molecular weight excluding hydrogens is 439 g/mol. The summed E-state index contributed by atoms with van der Waals surface area (Å²) in [6.45, 7) is 2.12. The molecule has 30 heavy (non-hydrogen) atoms. The molecule has 12 heteroatoms. The lowest BCUT2D eigenvalue weighted by molar-refractivity contribution is 0.145. The molecule has 3 heterocycles. The number of nitrogens with one attached hydrogen (secondary N) is 1. The Morgan fingerprint density at radius 1 is 1.17 bits per heavy atom. The Balaban J connectivity index is 1.42. The third-order valence-corrected chi connectivity index (χ3v) is 5.41. The summed E-state index contributed by atoms with van der Waals surface area (Å²) in [4.78, 5) is 0. The van der Waals surface area contributed by atoms with E-state index >= 15 is 0 Å². The van der Waals surface area contributed by atoms with Crippen LogP contribution in [0.2, 0.25) is 5.02 Å². The van der Waals surface area contributed by atoms with Gasteiger partial charge in [-0.25, -0.2) is 13.2 Å². The summed E-state index contributed by atoms with van der Waals surface area (Å²) in [5.41, 5.74) is 0.696. The fourth-order valence-corrected chi connectivity index (χ4v) is 3.72. The van der Waals surface area contributed by atoms with Crippen LogP contribution >= 0.6 is 22.9 Å². The van der Waals surface area contributed by atoms with Crippen molar-refractivity contribution >= 4 is 33.9 Å². The van der Waals surface area contributed by atoms with Crippen LogP contribution in [-0.4, -0.2) is 29.8 Å². The number of nitrogens with zero attached hydrogens (tertiary/aromatic N) is 6. The summed E-state index contributed by atoms with van der Waals surface area (Å²) in [6, 6.07) is 7.57. The van der Waals surface area contributed by atoms with Gasteiger partial charge in [0.2, 0.25) is 5.13 Å². The van der Waals surface area contributed by atoms with E-state index in [1.165, 1.54) is 28.2 Å². The highest BCUT2D eigenvalue weighted by molar-refractivity contribution is 7.15. The summed E-state index contributed by atoms with van der Waals surface area (Å²) in [5.74, 6) is 0.102. The molecule has 7 nitrogen and oxygen atoms in total. The molecule has 0 saturated heterocycles. The van der Waals surface area contributed by atoms with Gasteiger partial charge in [-0.05, 0) is 25.1 Å². The third-order valence-electron chi connectivity index (χ3n) is 4.23. The molecule has 0 spiro atoms. The van der Waals surface area contributed by atoms with Crippen molar-refractivity contribution in [3.8, 4) is 0 Å². The summed E-state index contributed by atoms with van der Waals surface area (Å²) in [5, 5.41) is 20.7. The zero-order valence-corrected chi connectivity index (χ0v) is 17.1. The number of rotatable bonds is 7. The quantitative estimate of drug-likeness (QED) is 0.434. The number of aromatic nitrogens is 6. The second-order valence-electron chi connectivity index (χ2n) is 6.39. The van der Waals surface area contributed by atoms with Gasteiger partial charge in [0.15, 0.2) is 5.82 Å². The monoisotopic (exact) mass is 453 g/mol. The van der Waals surface area contributed by atoms with E-state index in [0.717, 1.165) is 0 Å². The molecule has 1 aromatic carbocycles. The van der Waals surface area contributed by atoms with Crippen LogP contribution in [-0.2, 0) is 13.1 Å². The van der Waals surface area contributed by atoms with Crippen molar-refractivity contribution in [2.75, 3.05) is 5.32 Å². The predicted molar refractivity (Wildman–Crippen MR) is 107 cm³/mol. The van der Waals surface area contributed by atoms with Crippen molar-refractivity contribution in [3.63, 3.8) is 0 Å². The van der Waals surface area contributed by atoms with Crippen LogP contribution in [0.1, 0.15) is 28.4 Å². The smallest absolute Gasteiger partial charge is 0.282 e. The van der Waals surface area contributed by atoms with Gasteiger partial charge in [0.25, 0.3) is 6.43 Å². The fourth-order valence-electron chi connectivity index (χ4n) is 2.77. The highest BCUT2D eigenvalue weighted by atomic mass is 35.5. The molecule has 0 atom stereocenters. The second kappa shape index (κ2) is 8.44. The van der Waals surface area contributed by atoms with Crippen molar-refractivity contribution < 1.29 is 13.2 Å². The van der Waals surface area contributed by atoms with Crippen molar-refractivity contribution in [1.29, 1.82) is 0 Å². The number of benzene rings is 1. The van der Waals surface area contributed by atoms with Gasteiger partial charge in [0.05, 0.1) is 13.1 Å². The van der Waals surface area contributed by atoms with Gasteiger partial charge in [-0.3, -0.25) is 9.36 Å². The lowest BCUT2D eigenvalue weighted by Crippen LogP contribution is -2.04. The van der Waals surface area contributed by atoms with E-state index < -0.39 is 12.2 Å². The van der Waals surface area contributed by atoms with E-state index in [9.17, 15) is 13.2 Å². The molecule has 3 aromatic heterocycles. The summed E-state index contributed by atoms with van der Waals surface area (Å²) >= 11 is 7.31. The molecule has 0 fully saturated rings. The van der Waals surface area contributed by atoms with E-state index in [1.807, 2.05) is 0 Å². The van der Waals surface area contributed by atoms with Crippen molar-refractivity contribution in [2.45, 2.75) is 26.4 Å². The third kappa shape index (κ3) is 4.46. The van der Waals surface area contributed by atoms with Gasteiger partial charge in [0.1, 0.15) is 16.5 Å². The Morgan fingerprint density at radius 2 is 2.00 bits per heavy atom. The van der Waals surface area contributed by atoms with Crippen LogP contribution in [0.15, 0.2) is 36.5 Å².